The number of carbonyl (C=O) groups excluding carboxylic acids is 1. The quantitative estimate of drug-likeness (QED) is 0.345. The molecule has 136 valence electrons. The molecule has 0 unspecified atom stereocenters. The van der Waals surface area contributed by atoms with Crippen molar-refractivity contribution in [1.29, 1.82) is 0 Å². The fourth-order valence-electron chi connectivity index (χ4n) is 2.38. The van der Waals surface area contributed by atoms with Crippen LogP contribution < -0.4 is 4.90 Å². The molecule has 2 aromatic carbocycles. The smallest absolute Gasteiger partial charge is 0.335 e. The summed E-state index contributed by atoms with van der Waals surface area (Å²) in [5.41, 5.74) is 0.165. The first-order valence-corrected chi connectivity index (χ1v) is 8.59. The average molecular weight is 402 g/mol. The molecule has 0 atom stereocenters. The molecule has 1 amide bonds. The van der Waals surface area contributed by atoms with Crippen molar-refractivity contribution in [3.8, 4) is 5.75 Å². The van der Waals surface area contributed by atoms with Crippen LogP contribution in [0.25, 0.3) is 6.08 Å². The van der Waals surface area contributed by atoms with E-state index in [1.54, 1.807) is 6.07 Å². The molecule has 1 aliphatic heterocycles. The first-order valence-electron chi connectivity index (χ1n) is 7.36. The SMILES string of the molecule is O=C(O)c1cccc(N2C(=O)/C(=C/c3cc([N+](=O)[O-])ccc3O)SC2=S)c1. The number of nitro benzene ring substituents is 1. The maximum absolute atomic E-state index is 12.7. The molecule has 0 aliphatic carbocycles. The predicted molar refractivity (Wildman–Crippen MR) is 104 cm³/mol. The molecule has 0 spiro atoms. The Bertz CT molecular complexity index is 1030. The summed E-state index contributed by atoms with van der Waals surface area (Å²) in [6, 6.07) is 9.21. The third kappa shape index (κ3) is 3.66. The zero-order valence-corrected chi connectivity index (χ0v) is 15.0. The minimum absolute atomic E-state index is 0.00172. The van der Waals surface area contributed by atoms with E-state index >= 15 is 0 Å². The van der Waals surface area contributed by atoms with Crippen molar-refractivity contribution in [3.63, 3.8) is 0 Å². The molecular formula is C17H10N2O6S2. The van der Waals surface area contributed by atoms with Crippen molar-refractivity contribution in [2.75, 3.05) is 4.90 Å². The number of amides is 1. The number of hydrogen-bond acceptors (Lipinski definition) is 7. The van der Waals surface area contributed by atoms with Crippen molar-refractivity contribution >= 4 is 57.6 Å². The Labute approximate surface area is 161 Å². The molecule has 3 rings (SSSR count). The van der Waals surface area contributed by atoms with E-state index in [-0.39, 0.29) is 31.8 Å². The molecule has 1 heterocycles. The van der Waals surface area contributed by atoms with Crippen LogP contribution in [0.4, 0.5) is 11.4 Å². The second-order valence-electron chi connectivity index (χ2n) is 5.37. The number of thioether (sulfide) groups is 1. The van der Waals surface area contributed by atoms with Crippen molar-refractivity contribution < 1.29 is 24.7 Å². The molecule has 1 saturated heterocycles. The number of thiocarbonyl (C=S) groups is 1. The number of aromatic carboxylic acids is 1. The predicted octanol–water partition coefficient (Wildman–Crippen LogP) is 3.40. The van der Waals surface area contributed by atoms with Gasteiger partial charge in [0.05, 0.1) is 21.1 Å². The number of anilines is 1. The van der Waals surface area contributed by atoms with E-state index in [0.29, 0.717) is 5.69 Å². The maximum Gasteiger partial charge on any atom is 0.335 e. The van der Waals surface area contributed by atoms with E-state index in [9.17, 15) is 24.8 Å². The van der Waals surface area contributed by atoms with Gasteiger partial charge in [0, 0.05) is 17.7 Å². The lowest BCUT2D eigenvalue weighted by Gasteiger charge is -2.14. The van der Waals surface area contributed by atoms with Gasteiger partial charge in [-0.25, -0.2) is 4.79 Å². The highest BCUT2D eigenvalue weighted by Crippen LogP contribution is 2.37. The summed E-state index contributed by atoms with van der Waals surface area (Å²) in [6.45, 7) is 0. The number of non-ortho nitro benzene ring substituents is 1. The number of rotatable bonds is 4. The van der Waals surface area contributed by atoms with Crippen LogP contribution in [0.3, 0.4) is 0 Å². The van der Waals surface area contributed by atoms with Crippen LogP contribution in [0.15, 0.2) is 47.4 Å². The lowest BCUT2D eigenvalue weighted by atomic mass is 10.1. The van der Waals surface area contributed by atoms with Gasteiger partial charge in [-0.1, -0.05) is 30.0 Å². The van der Waals surface area contributed by atoms with Crippen LogP contribution in [0, 0.1) is 10.1 Å². The van der Waals surface area contributed by atoms with Gasteiger partial charge in [0.1, 0.15) is 5.75 Å². The Morgan fingerprint density at radius 3 is 2.67 bits per heavy atom. The highest BCUT2D eigenvalue weighted by atomic mass is 32.2. The van der Waals surface area contributed by atoms with Gasteiger partial charge in [-0.05, 0) is 30.3 Å². The van der Waals surface area contributed by atoms with Crippen molar-refractivity contribution in [2.45, 2.75) is 0 Å². The molecule has 0 radical (unpaired) electrons. The third-order valence-electron chi connectivity index (χ3n) is 3.65. The van der Waals surface area contributed by atoms with Gasteiger partial charge in [0.25, 0.3) is 11.6 Å². The zero-order valence-electron chi connectivity index (χ0n) is 13.4. The zero-order chi connectivity index (χ0) is 19.7. The highest BCUT2D eigenvalue weighted by molar-refractivity contribution is 8.27. The summed E-state index contributed by atoms with van der Waals surface area (Å²) in [7, 11) is 0. The summed E-state index contributed by atoms with van der Waals surface area (Å²) in [4.78, 5) is 35.5. The number of carboxylic acids is 1. The average Bonchev–Trinajstić information content (AvgIpc) is 2.90. The van der Waals surface area contributed by atoms with E-state index in [4.69, 9.17) is 17.3 Å². The van der Waals surface area contributed by atoms with E-state index in [2.05, 4.69) is 0 Å². The Morgan fingerprint density at radius 2 is 2.00 bits per heavy atom. The van der Waals surface area contributed by atoms with Gasteiger partial charge in [-0.3, -0.25) is 19.8 Å². The van der Waals surface area contributed by atoms with E-state index in [0.717, 1.165) is 23.9 Å². The van der Waals surface area contributed by atoms with Gasteiger partial charge in [0.2, 0.25) is 0 Å². The van der Waals surface area contributed by atoms with Gasteiger partial charge in [-0.15, -0.1) is 0 Å². The van der Waals surface area contributed by atoms with Crippen LogP contribution in [0.1, 0.15) is 15.9 Å². The Hall–Kier alpha value is -3.24. The number of phenolic OH excluding ortho intramolecular Hbond substituents is 1. The Balaban J connectivity index is 1.98. The van der Waals surface area contributed by atoms with Gasteiger partial charge >= 0.3 is 5.97 Å². The Morgan fingerprint density at radius 1 is 1.26 bits per heavy atom. The Kier molecular flexibility index (Phi) is 4.93. The van der Waals surface area contributed by atoms with Crippen LogP contribution in [0.2, 0.25) is 0 Å². The molecular weight excluding hydrogens is 392 g/mol. The largest absolute Gasteiger partial charge is 0.507 e. The number of nitrogens with zero attached hydrogens (tertiary/aromatic N) is 2. The monoisotopic (exact) mass is 402 g/mol. The van der Waals surface area contributed by atoms with E-state index in [1.807, 2.05) is 0 Å². The number of carbonyl (C=O) groups is 2. The second-order valence-corrected chi connectivity index (χ2v) is 7.05. The summed E-state index contributed by atoms with van der Waals surface area (Å²) in [5.74, 6) is -1.88. The topological polar surface area (TPSA) is 121 Å². The lowest BCUT2D eigenvalue weighted by molar-refractivity contribution is -0.384. The molecule has 0 saturated carbocycles. The number of carboxylic acid groups (broad SMARTS) is 1. The van der Waals surface area contributed by atoms with Crippen LogP contribution in [0.5, 0.6) is 5.75 Å². The third-order valence-corrected chi connectivity index (χ3v) is 4.96. The fraction of sp³-hybridized carbons (Fsp3) is 0. The van der Waals surface area contributed by atoms with Gasteiger partial charge in [0.15, 0.2) is 4.32 Å². The number of nitro groups is 1. The van der Waals surface area contributed by atoms with Crippen LogP contribution >= 0.6 is 24.0 Å². The first-order chi connectivity index (χ1) is 12.8. The van der Waals surface area contributed by atoms with E-state index in [1.165, 1.54) is 35.2 Å². The first kappa shape index (κ1) is 18.5. The van der Waals surface area contributed by atoms with Crippen molar-refractivity contribution in [2.24, 2.45) is 0 Å². The molecule has 0 aromatic heterocycles. The summed E-state index contributed by atoms with van der Waals surface area (Å²) < 4.78 is 0.179. The molecule has 27 heavy (non-hydrogen) atoms. The number of phenols is 1. The van der Waals surface area contributed by atoms with Gasteiger partial charge < -0.3 is 10.2 Å². The molecule has 10 heteroatoms. The minimum atomic E-state index is -1.14. The molecule has 1 aliphatic rings. The number of hydrogen-bond donors (Lipinski definition) is 2. The molecule has 1 fully saturated rings. The molecule has 2 aromatic rings. The normalized spacial score (nSPS) is 15.4. The van der Waals surface area contributed by atoms with Crippen molar-refractivity contribution in [3.05, 3.63) is 68.6 Å². The molecule has 2 N–H and O–H groups in total. The van der Waals surface area contributed by atoms with Crippen LogP contribution in [-0.2, 0) is 4.79 Å². The molecule has 0 bridgehead atoms. The van der Waals surface area contributed by atoms with Crippen LogP contribution in [-0.4, -0.2) is 31.3 Å². The molecule has 8 nitrogen and oxygen atoms in total. The standard InChI is InChI=1S/C17H10N2O6S2/c20-13-5-4-12(19(24)25)7-10(13)8-14-15(21)18(17(26)27-14)11-3-1-2-9(6-11)16(22)23/h1-8,20H,(H,22,23)/b14-8-. The summed E-state index contributed by atoms with van der Waals surface area (Å²) in [5, 5.41) is 29.9. The number of benzene rings is 2. The van der Waals surface area contributed by atoms with Crippen molar-refractivity contribution in [1.82, 2.24) is 0 Å². The van der Waals surface area contributed by atoms with Gasteiger partial charge in [-0.2, -0.15) is 0 Å². The highest BCUT2D eigenvalue weighted by Gasteiger charge is 2.33. The second kappa shape index (κ2) is 7.17. The minimum Gasteiger partial charge on any atom is -0.507 e. The number of aromatic hydroxyl groups is 1. The summed E-state index contributed by atoms with van der Waals surface area (Å²) >= 11 is 6.16. The fourth-order valence-corrected chi connectivity index (χ4v) is 3.67. The lowest BCUT2D eigenvalue weighted by Crippen LogP contribution is -2.27. The maximum atomic E-state index is 12.7. The van der Waals surface area contributed by atoms with E-state index < -0.39 is 16.8 Å². The summed E-state index contributed by atoms with van der Waals surface area (Å²) in [6.07, 6.45) is 1.31.